The van der Waals surface area contributed by atoms with Crippen LogP contribution in [0.5, 0.6) is 0 Å². The summed E-state index contributed by atoms with van der Waals surface area (Å²) in [7, 11) is 1.90. The number of para-hydroxylation sites is 1. The molecule has 2 heterocycles. The van der Waals surface area contributed by atoms with E-state index in [1.807, 2.05) is 19.2 Å². The number of ether oxygens (including phenoxy) is 1. The summed E-state index contributed by atoms with van der Waals surface area (Å²) in [4.78, 5) is 0. The molecule has 2 aromatic rings. The first kappa shape index (κ1) is 11.7. The van der Waals surface area contributed by atoms with E-state index in [0.717, 1.165) is 30.8 Å². The van der Waals surface area contributed by atoms with Crippen molar-refractivity contribution in [1.82, 2.24) is 5.32 Å². The molecule has 0 amide bonds. The minimum atomic E-state index is -0.309. The zero-order valence-electron chi connectivity index (χ0n) is 10.3. The Hall–Kier alpha value is -1.39. The van der Waals surface area contributed by atoms with E-state index in [1.165, 1.54) is 6.07 Å². The van der Waals surface area contributed by atoms with Crippen LogP contribution in [0.1, 0.15) is 18.2 Å². The van der Waals surface area contributed by atoms with Gasteiger partial charge in [-0.25, -0.2) is 4.39 Å². The Morgan fingerprint density at radius 1 is 1.44 bits per heavy atom. The highest BCUT2D eigenvalue weighted by Gasteiger charge is 2.28. The fourth-order valence-corrected chi connectivity index (χ4v) is 2.63. The molecule has 3 rings (SSSR count). The number of benzene rings is 1. The quantitative estimate of drug-likeness (QED) is 0.908. The summed E-state index contributed by atoms with van der Waals surface area (Å²) < 4.78 is 24.7. The molecule has 0 saturated carbocycles. The van der Waals surface area contributed by atoms with Gasteiger partial charge in [0.05, 0.1) is 12.6 Å². The molecular weight excluding hydrogens is 233 g/mol. The smallest absolute Gasteiger partial charge is 0.169 e. The predicted molar refractivity (Wildman–Crippen MR) is 66.9 cm³/mol. The normalized spacial score (nSPS) is 21.6. The number of furan rings is 1. The van der Waals surface area contributed by atoms with E-state index in [9.17, 15) is 4.39 Å². The van der Waals surface area contributed by atoms with Crippen LogP contribution in [0.3, 0.4) is 0 Å². The van der Waals surface area contributed by atoms with Crippen molar-refractivity contribution >= 4 is 11.0 Å². The average Bonchev–Trinajstić information content (AvgIpc) is 3.00. The highest BCUT2D eigenvalue weighted by molar-refractivity contribution is 5.78. The molecular formula is C14H16FNO2. The van der Waals surface area contributed by atoms with Gasteiger partial charge in [0.1, 0.15) is 5.76 Å². The number of halogens is 1. The Kier molecular flexibility index (Phi) is 3.06. The van der Waals surface area contributed by atoms with E-state index < -0.39 is 0 Å². The molecule has 1 fully saturated rings. The lowest BCUT2D eigenvalue weighted by atomic mass is 9.97. The third kappa shape index (κ3) is 1.91. The standard InChI is InChI=1S/C14H16FNO2/c1-16-13(10-5-6-17-8-10)12-7-9-3-2-4-11(15)14(9)18-12/h2-4,7,10,13,16H,5-6,8H2,1H3. The van der Waals surface area contributed by atoms with Gasteiger partial charge in [-0.05, 0) is 25.6 Å². The van der Waals surface area contributed by atoms with Crippen molar-refractivity contribution in [2.24, 2.45) is 5.92 Å². The maximum absolute atomic E-state index is 13.6. The van der Waals surface area contributed by atoms with E-state index in [0.29, 0.717) is 11.5 Å². The topological polar surface area (TPSA) is 34.4 Å². The Morgan fingerprint density at radius 3 is 3.00 bits per heavy atom. The second-order valence-electron chi connectivity index (χ2n) is 4.70. The largest absolute Gasteiger partial charge is 0.456 e. The van der Waals surface area contributed by atoms with Gasteiger partial charge in [-0.15, -0.1) is 0 Å². The molecule has 2 unspecified atom stereocenters. The molecule has 4 heteroatoms. The van der Waals surface area contributed by atoms with Gasteiger partial charge in [-0.3, -0.25) is 0 Å². The SMILES string of the molecule is CNC(c1cc2cccc(F)c2o1)C1CCOC1. The Balaban J connectivity index is 1.99. The summed E-state index contributed by atoms with van der Waals surface area (Å²) in [6, 6.07) is 6.98. The first-order valence-electron chi connectivity index (χ1n) is 6.22. The molecule has 1 aromatic carbocycles. The fraction of sp³-hybridized carbons (Fsp3) is 0.429. The highest BCUT2D eigenvalue weighted by atomic mass is 19.1. The lowest BCUT2D eigenvalue weighted by molar-refractivity contribution is 0.174. The second kappa shape index (κ2) is 4.71. The van der Waals surface area contributed by atoms with Crippen LogP contribution in [-0.4, -0.2) is 20.3 Å². The van der Waals surface area contributed by atoms with E-state index in [-0.39, 0.29) is 11.9 Å². The van der Waals surface area contributed by atoms with Crippen LogP contribution in [-0.2, 0) is 4.74 Å². The van der Waals surface area contributed by atoms with Gasteiger partial charge in [0.25, 0.3) is 0 Å². The molecule has 1 aliphatic rings. The number of fused-ring (bicyclic) bond motifs is 1. The lowest BCUT2D eigenvalue weighted by Gasteiger charge is -2.19. The van der Waals surface area contributed by atoms with E-state index in [2.05, 4.69) is 5.32 Å². The van der Waals surface area contributed by atoms with Gasteiger partial charge in [-0.1, -0.05) is 12.1 Å². The molecule has 0 spiro atoms. The number of rotatable bonds is 3. The van der Waals surface area contributed by atoms with Crippen LogP contribution >= 0.6 is 0 Å². The molecule has 18 heavy (non-hydrogen) atoms. The Bertz CT molecular complexity index is 546. The molecule has 1 saturated heterocycles. The molecule has 0 bridgehead atoms. The Morgan fingerprint density at radius 2 is 2.33 bits per heavy atom. The summed E-state index contributed by atoms with van der Waals surface area (Å²) >= 11 is 0. The average molecular weight is 249 g/mol. The van der Waals surface area contributed by atoms with Crippen molar-refractivity contribution < 1.29 is 13.5 Å². The summed E-state index contributed by atoms with van der Waals surface area (Å²) in [6.45, 7) is 1.52. The third-order valence-corrected chi connectivity index (χ3v) is 3.57. The fourth-order valence-electron chi connectivity index (χ4n) is 2.63. The molecule has 1 N–H and O–H groups in total. The summed E-state index contributed by atoms with van der Waals surface area (Å²) in [5, 5.41) is 4.05. The van der Waals surface area contributed by atoms with Gasteiger partial charge < -0.3 is 14.5 Å². The van der Waals surface area contributed by atoms with Gasteiger partial charge in [0, 0.05) is 17.9 Å². The number of hydrogen-bond donors (Lipinski definition) is 1. The summed E-state index contributed by atoms with van der Waals surface area (Å²) in [6.07, 6.45) is 1.00. The van der Waals surface area contributed by atoms with Crippen LogP contribution in [0.2, 0.25) is 0 Å². The Labute approximate surface area is 105 Å². The van der Waals surface area contributed by atoms with Crippen molar-refractivity contribution in [3.63, 3.8) is 0 Å². The molecule has 0 aliphatic carbocycles. The van der Waals surface area contributed by atoms with Crippen LogP contribution in [0.4, 0.5) is 4.39 Å². The van der Waals surface area contributed by atoms with Gasteiger partial charge in [0.15, 0.2) is 11.4 Å². The summed E-state index contributed by atoms with van der Waals surface area (Å²) in [5.41, 5.74) is 0.340. The van der Waals surface area contributed by atoms with Crippen molar-refractivity contribution in [2.75, 3.05) is 20.3 Å². The lowest BCUT2D eigenvalue weighted by Crippen LogP contribution is -2.25. The molecule has 1 aromatic heterocycles. The minimum Gasteiger partial charge on any atom is -0.456 e. The van der Waals surface area contributed by atoms with Crippen LogP contribution in [0.25, 0.3) is 11.0 Å². The van der Waals surface area contributed by atoms with Gasteiger partial charge in [-0.2, -0.15) is 0 Å². The number of hydrogen-bond acceptors (Lipinski definition) is 3. The zero-order chi connectivity index (χ0) is 12.5. The minimum absolute atomic E-state index is 0.0827. The maximum atomic E-state index is 13.6. The van der Waals surface area contributed by atoms with Crippen LogP contribution < -0.4 is 5.32 Å². The molecule has 2 atom stereocenters. The van der Waals surface area contributed by atoms with Gasteiger partial charge in [0.2, 0.25) is 0 Å². The zero-order valence-corrected chi connectivity index (χ0v) is 10.3. The van der Waals surface area contributed by atoms with Crippen molar-refractivity contribution in [3.05, 3.63) is 35.8 Å². The predicted octanol–water partition coefficient (Wildman–Crippen LogP) is 2.87. The third-order valence-electron chi connectivity index (χ3n) is 3.57. The van der Waals surface area contributed by atoms with Gasteiger partial charge >= 0.3 is 0 Å². The second-order valence-corrected chi connectivity index (χ2v) is 4.70. The monoisotopic (exact) mass is 249 g/mol. The van der Waals surface area contributed by atoms with Crippen molar-refractivity contribution in [1.29, 1.82) is 0 Å². The molecule has 96 valence electrons. The van der Waals surface area contributed by atoms with E-state index in [1.54, 1.807) is 6.07 Å². The van der Waals surface area contributed by atoms with Crippen molar-refractivity contribution in [3.8, 4) is 0 Å². The van der Waals surface area contributed by atoms with Crippen molar-refractivity contribution in [2.45, 2.75) is 12.5 Å². The molecule has 1 aliphatic heterocycles. The first-order valence-corrected chi connectivity index (χ1v) is 6.22. The summed E-state index contributed by atoms with van der Waals surface area (Å²) in [5.74, 6) is 0.864. The molecule has 3 nitrogen and oxygen atoms in total. The first-order chi connectivity index (χ1) is 8.79. The van der Waals surface area contributed by atoms with Crippen LogP contribution in [0.15, 0.2) is 28.7 Å². The van der Waals surface area contributed by atoms with E-state index >= 15 is 0 Å². The van der Waals surface area contributed by atoms with E-state index in [4.69, 9.17) is 9.15 Å². The molecule has 0 radical (unpaired) electrons. The highest BCUT2D eigenvalue weighted by Crippen LogP contribution is 2.32. The number of nitrogens with one attached hydrogen (secondary N) is 1. The maximum Gasteiger partial charge on any atom is 0.169 e. The van der Waals surface area contributed by atoms with Crippen LogP contribution in [0, 0.1) is 11.7 Å².